The van der Waals surface area contributed by atoms with E-state index in [-0.39, 0.29) is 6.04 Å². The van der Waals surface area contributed by atoms with Crippen LogP contribution in [0.1, 0.15) is 41.0 Å². The van der Waals surface area contributed by atoms with Gasteiger partial charge in [0.05, 0.1) is 0 Å². The SMILES string of the molecule is CC(C)CC(C)NC(C)(C)C(=O)O. The third kappa shape index (κ3) is 4.88. The Hall–Kier alpha value is -0.570. The van der Waals surface area contributed by atoms with Gasteiger partial charge in [0.2, 0.25) is 0 Å². The molecule has 0 heterocycles. The molecule has 1 unspecified atom stereocenters. The van der Waals surface area contributed by atoms with E-state index in [0.29, 0.717) is 5.92 Å². The van der Waals surface area contributed by atoms with Gasteiger partial charge >= 0.3 is 5.97 Å². The second kappa shape index (κ2) is 4.61. The Balaban J connectivity index is 4.04. The second-order valence-electron chi connectivity index (χ2n) is 4.61. The minimum atomic E-state index is -0.825. The van der Waals surface area contributed by atoms with E-state index >= 15 is 0 Å². The number of hydrogen-bond donors (Lipinski definition) is 2. The van der Waals surface area contributed by atoms with Crippen molar-refractivity contribution in [2.45, 2.75) is 52.6 Å². The Morgan fingerprint density at radius 3 is 2.15 bits per heavy atom. The van der Waals surface area contributed by atoms with Gasteiger partial charge in [0.25, 0.3) is 0 Å². The molecule has 0 aliphatic rings. The smallest absolute Gasteiger partial charge is 0.323 e. The van der Waals surface area contributed by atoms with Crippen LogP contribution in [0.3, 0.4) is 0 Å². The van der Waals surface area contributed by atoms with Crippen LogP contribution in [0.15, 0.2) is 0 Å². The first-order chi connectivity index (χ1) is 5.75. The quantitative estimate of drug-likeness (QED) is 0.691. The van der Waals surface area contributed by atoms with E-state index in [4.69, 9.17) is 5.11 Å². The number of rotatable bonds is 5. The third-order valence-corrected chi connectivity index (χ3v) is 1.97. The summed E-state index contributed by atoms with van der Waals surface area (Å²) >= 11 is 0. The van der Waals surface area contributed by atoms with Gasteiger partial charge in [0.1, 0.15) is 5.54 Å². The molecule has 0 aliphatic carbocycles. The molecule has 0 bridgehead atoms. The van der Waals surface area contributed by atoms with Crippen molar-refractivity contribution in [3.63, 3.8) is 0 Å². The van der Waals surface area contributed by atoms with Crippen molar-refractivity contribution in [2.75, 3.05) is 0 Å². The number of hydrogen-bond acceptors (Lipinski definition) is 2. The molecule has 0 rings (SSSR count). The average Bonchev–Trinajstić information content (AvgIpc) is 1.82. The molecule has 78 valence electrons. The lowest BCUT2D eigenvalue weighted by Gasteiger charge is -2.26. The van der Waals surface area contributed by atoms with E-state index in [1.54, 1.807) is 13.8 Å². The van der Waals surface area contributed by atoms with Crippen molar-refractivity contribution >= 4 is 5.97 Å². The average molecular weight is 187 g/mol. The molecule has 0 aromatic heterocycles. The lowest BCUT2D eigenvalue weighted by Crippen LogP contribution is -2.50. The number of nitrogens with one attached hydrogen (secondary N) is 1. The summed E-state index contributed by atoms with van der Waals surface area (Å²) in [5.41, 5.74) is -0.825. The highest BCUT2D eigenvalue weighted by Crippen LogP contribution is 2.09. The number of carboxylic acid groups (broad SMARTS) is 1. The largest absolute Gasteiger partial charge is 0.480 e. The Morgan fingerprint density at radius 2 is 1.85 bits per heavy atom. The fraction of sp³-hybridized carbons (Fsp3) is 0.900. The number of carboxylic acids is 1. The normalized spacial score (nSPS) is 14.6. The summed E-state index contributed by atoms with van der Waals surface area (Å²) in [5.74, 6) is -0.213. The molecular weight excluding hydrogens is 166 g/mol. The highest BCUT2D eigenvalue weighted by atomic mass is 16.4. The molecule has 0 aromatic rings. The molecule has 0 saturated heterocycles. The van der Waals surface area contributed by atoms with Gasteiger partial charge in [0, 0.05) is 6.04 Å². The van der Waals surface area contributed by atoms with Crippen LogP contribution in [-0.4, -0.2) is 22.7 Å². The minimum Gasteiger partial charge on any atom is -0.480 e. The molecule has 0 fully saturated rings. The van der Waals surface area contributed by atoms with Gasteiger partial charge in [-0.2, -0.15) is 0 Å². The Morgan fingerprint density at radius 1 is 1.38 bits per heavy atom. The number of carbonyl (C=O) groups is 1. The molecule has 13 heavy (non-hydrogen) atoms. The van der Waals surface area contributed by atoms with E-state index in [1.165, 1.54) is 0 Å². The standard InChI is InChI=1S/C10H21NO2/c1-7(2)6-8(3)11-10(4,5)9(12)13/h7-8,11H,6H2,1-5H3,(H,12,13). The van der Waals surface area contributed by atoms with Crippen molar-refractivity contribution in [3.05, 3.63) is 0 Å². The van der Waals surface area contributed by atoms with Gasteiger partial charge in [-0.3, -0.25) is 10.1 Å². The topological polar surface area (TPSA) is 49.3 Å². The molecule has 2 N–H and O–H groups in total. The fourth-order valence-corrected chi connectivity index (χ4v) is 1.44. The molecule has 0 saturated carbocycles. The van der Waals surface area contributed by atoms with Crippen molar-refractivity contribution in [1.29, 1.82) is 0 Å². The van der Waals surface area contributed by atoms with E-state index < -0.39 is 11.5 Å². The minimum absolute atomic E-state index is 0.242. The Bertz CT molecular complexity index is 176. The zero-order valence-electron chi connectivity index (χ0n) is 9.22. The first-order valence-corrected chi connectivity index (χ1v) is 4.76. The van der Waals surface area contributed by atoms with Gasteiger partial charge in [-0.15, -0.1) is 0 Å². The van der Waals surface area contributed by atoms with Gasteiger partial charge in [-0.1, -0.05) is 13.8 Å². The molecule has 0 aliphatic heterocycles. The number of aliphatic carboxylic acids is 1. The van der Waals surface area contributed by atoms with Crippen molar-refractivity contribution in [1.82, 2.24) is 5.32 Å². The van der Waals surface area contributed by atoms with Gasteiger partial charge in [-0.25, -0.2) is 0 Å². The maximum atomic E-state index is 10.8. The monoisotopic (exact) mass is 187 g/mol. The first kappa shape index (κ1) is 12.4. The maximum absolute atomic E-state index is 10.8. The summed E-state index contributed by atoms with van der Waals surface area (Å²) in [6.45, 7) is 9.65. The Labute approximate surface area is 80.5 Å². The van der Waals surface area contributed by atoms with Gasteiger partial charge in [0.15, 0.2) is 0 Å². The van der Waals surface area contributed by atoms with E-state index in [2.05, 4.69) is 19.2 Å². The van der Waals surface area contributed by atoms with Crippen molar-refractivity contribution in [2.24, 2.45) is 5.92 Å². The molecule has 0 radical (unpaired) electrons. The molecule has 3 heteroatoms. The maximum Gasteiger partial charge on any atom is 0.323 e. The molecule has 0 amide bonds. The third-order valence-electron chi connectivity index (χ3n) is 1.97. The highest BCUT2D eigenvalue weighted by molar-refractivity contribution is 5.77. The van der Waals surface area contributed by atoms with Crippen LogP contribution in [0.25, 0.3) is 0 Å². The van der Waals surface area contributed by atoms with Crippen molar-refractivity contribution in [3.8, 4) is 0 Å². The lowest BCUT2D eigenvalue weighted by atomic mass is 10.00. The van der Waals surface area contributed by atoms with E-state index in [9.17, 15) is 4.79 Å². The fourth-order valence-electron chi connectivity index (χ4n) is 1.44. The Kier molecular flexibility index (Phi) is 4.40. The van der Waals surface area contributed by atoms with Gasteiger partial charge in [-0.05, 0) is 33.1 Å². The summed E-state index contributed by atoms with van der Waals surface area (Å²) in [7, 11) is 0. The molecule has 3 nitrogen and oxygen atoms in total. The molecular formula is C10H21NO2. The van der Waals surface area contributed by atoms with Crippen LogP contribution in [0.2, 0.25) is 0 Å². The van der Waals surface area contributed by atoms with E-state index in [0.717, 1.165) is 6.42 Å². The zero-order chi connectivity index (χ0) is 10.6. The van der Waals surface area contributed by atoms with E-state index in [1.807, 2.05) is 6.92 Å². The summed E-state index contributed by atoms with van der Waals surface area (Å²) in [6, 6.07) is 0.242. The van der Waals surface area contributed by atoms with Crippen LogP contribution in [0.4, 0.5) is 0 Å². The molecule has 1 atom stereocenters. The predicted octanol–water partition coefficient (Wildman–Crippen LogP) is 1.87. The molecule has 0 spiro atoms. The lowest BCUT2D eigenvalue weighted by molar-refractivity contribution is -0.143. The summed E-state index contributed by atoms with van der Waals surface area (Å²) in [6.07, 6.45) is 0.997. The summed E-state index contributed by atoms with van der Waals surface area (Å²) < 4.78 is 0. The zero-order valence-corrected chi connectivity index (χ0v) is 9.22. The second-order valence-corrected chi connectivity index (χ2v) is 4.61. The first-order valence-electron chi connectivity index (χ1n) is 4.76. The molecule has 0 aromatic carbocycles. The van der Waals surface area contributed by atoms with Crippen LogP contribution in [-0.2, 0) is 4.79 Å². The van der Waals surface area contributed by atoms with Crippen LogP contribution < -0.4 is 5.32 Å². The highest BCUT2D eigenvalue weighted by Gasteiger charge is 2.28. The van der Waals surface area contributed by atoms with Crippen LogP contribution in [0, 0.1) is 5.92 Å². The predicted molar refractivity (Wildman–Crippen MR) is 53.8 cm³/mol. The van der Waals surface area contributed by atoms with Crippen LogP contribution in [0.5, 0.6) is 0 Å². The summed E-state index contributed by atoms with van der Waals surface area (Å²) in [4.78, 5) is 10.8. The summed E-state index contributed by atoms with van der Waals surface area (Å²) in [5, 5.41) is 11.9. The van der Waals surface area contributed by atoms with Crippen molar-refractivity contribution < 1.29 is 9.90 Å². The van der Waals surface area contributed by atoms with Gasteiger partial charge < -0.3 is 5.11 Å². The van der Waals surface area contributed by atoms with Crippen LogP contribution >= 0.6 is 0 Å².